The van der Waals surface area contributed by atoms with E-state index in [4.69, 9.17) is 9.26 Å². The Morgan fingerprint density at radius 2 is 2.17 bits per heavy atom. The number of para-hydroxylation sites is 1. The predicted molar refractivity (Wildman–Crippen MR) is 89.6 cm³/mol. The maximum atomic E-state index is 12.1. The van der Waals surface area contributed by atoms with Crippen molar-refractivity contribution in [2.75, 3.05) is 26.7 Å². The Morgan fingerprint density at radius 3 is 2.83 bits per heavy atom. The molecule has 1 aromatic carbocycles. The van der Waals surface area contributed by atoms with Gasteiger partial charge < -0.3 is 14.2 Å². The highest BCUT2D eigenvalue weighted by Gasteiger charge is 2.31. The molecule has 24 heavy (non-hydrogen) atoms. The molecule has 1 aromatic heterocycles. The minimum Gasteiger partial charge on any atom is -0.496 e. The number of nitrogens with zero attached hydrogens (tertiary/aromatic N) is 3. The molecule has 0 saturated carbocycles. The maximum Gasteiger partial charge on any atom is 0.220 e. The van der Waals surface area contributed by atoms with Crippen LogP contribution >= 0.6 is 0 Å². The van der Waals surface area contributed by atoms with Crippen LogP contribution in [0.2, 0.25) is 0 Å². The van der Waals surface area contributed by atoms with Crippen molar-refractivity contribution in [3.63, 3.8) is 0 Å². The molecule has 1 aliphatic heterocycles. The van der Waals surface area contributed by atoms with Crippen LogP contribution < -0.4 is 4.74 Å². The van der Waals surface area contributed by atoms with Gasteiger partial charge >= 0.3 is 0 Å². The van der Waals surface area contributed by atoms with Gasteiger partial charge in [0.1, 0.15) is 11.5 Å². The summed E-state index contributed by atoms with van der Waals surface area (Å²) in [4.78, 5) is 16.3. The minimum atomic E-state index is -0.0274. The van der Waals surface area contributed by atoms with Crippen molar-refractivity contribution in [2.45, 2.75) is 26.4 Å². The zero-order chi connectivity index (χ0) is 17.1. The van der Waals surface area contributed by atoms with Crippen LogP contribution in [0.3, 0.4) is 0 Å². The van der Waals surface area contributed by atoms with E-state index in [-0.39, 0.29) is 11.9 Å². The predicted octanol–water partition coefficient (Wildman–Crippen LogP) is 2.40. The molecule has 6 heteroatoms. The van der Waals surface area contributed by atoms with Crippen molar-refractivity contribution in [2.24, 2.45) is 0 Å². The van der Waals surface area contributed by atoms with Crippen LogP contribution in [0.25, 0.3) is 0 Å². The Morgan fingerprint density at radius 1 is 1.38 bits per heavy atom. The van der Waals surface area contributed by atoms with Crippen LogP contribution in [-0.4, -0.2) is 47.6 Å². The Bertz CT molecular complexity index is 713. The van der Waals surface area contributed by atoms with E-state index in [1.54, 1.807) is 14.0 Å². The van der Waals surface area contributed by atoms with Crippen LogP contribution in [0.1, 0.15) is 30.0 Å². The van der Waals surface area contributed by atoms with E-state index in [2.05, 4.69) is 10.1 Å². The fourth-order valence-corrected chi connectivity index (χ4v) is 3.29. The fourth-order valence-electron chi connectivity index (χ4n) is 3.29. The van der Waals surface area contributed by atoms with Crippen molar-refractivity contribution in [3.8, 4) is 5.75 Å². The van der Waals surface area contributed by atoms with E-state index >= 15 is 0 Å². The Labute approximate surface area is 142 Å². The van der Waals surface area contributed by atoms with Crippen molar-refractivity contribution >= 4 is 5.91 Å². The first-order chi connectivity index (χ1) is 11.6. The van der Waals surface area contributed by atoms with Gasteiger partial charge in [0.25, 0.3) is 0 Å². The molecule has 2 aromatic rings. The molecule has 1 saturated heterocycles. The number of aryl methyl sites for hydroxylation is 1. The van der Waals surface area contributed by atoms with Crippen LogP contribution in [0, 0.1) is 6.92 Å². The number of aromatic nitrogens is 1. The second kappa shape index (κ2) is 7.05. The summed E-state index contributed by atoms with van der Waals surface area (Å²) in [5.74, 6) is 1.71. The highest BCUT2D eigenvalue weighted by molar-refractivity contribution is 5.74. The van der Waals surface area contributed by atoms with Gasteiger partial charge in [0.2, 0.25) is 5.91 Å². The number of methoxy groups -OCH3 is 1. The zero-order valence-electron chi connectivity index (χ0n) is 14.4. The topological polar surface area (TPSA) is 58.8 Å². The number of ether oxygens (including phenoxy) is 1. The smallest absolute Gasteiger partial charge is 0.220 e. The molecule has 128 valence electrons. The summed E-state index contributed by atoms with van der Waals surface area (Å²) in [5.41, 5.74) is 1.96. The number of carbonyl (C=O) groups excluding carboxylic acids is 1. The first-order valence-corrected chi connectivity index (χ1v) is 8.13. The number of amides is 1. The second-order valence-corrected chi connectivity index (χ2v) is 6.13. The molecule has 3 rings (SSSR count). The molecule has 2 heterocycles. The summed E-state index contributed by atoms with van der Waals surface area (Å²) in [6.45, 7) is 6.48. The van der Waals surface area contributed by atoms with Crippen molar-refractivity contribution in [1.82, 2.24) is 15.0 Å². The second-order valence-electron chi connectivity index (χ2n) is 6.13. The lowest BCUT2D eigenvalue weighted by atomic mass is 10.0. The van der Waals surface area contributed by atoms with E-state index in [0.29, 0.717) is 13.1 Å². The molecule has 1 fully saturated rings. The SMILES string of the molecule is COc1ccccc1[C@H]1CN(Cc2cc(C)on2)CCN1C(C)=O. The lowest BCUT2D eigenvalue weighted by molar-refractivity contribution is -0.134. The molecule has 6 nitrogen and oxygen atoms in total. The van der Waals surface area contributed by atoms with E-state index < -0.39 is 0 Å². The Kier molecular flexibility index (Phi) is 4.85. The lowest BCUT2D eigenvalue weighted by Gasteiger charge is -2.41. The van der Waals surface area contributed by atoms with E-state index in [0.717, 1.165) is 35.9 Å². The molecule has 0 radical (unpaired) electrons. The molecular weight excluding hydrogens is 306 g/mol. The number of hydrogen-bond acceptors (Lipinski definition) is 5. The quantitative estimate of drug-likeness (QED) is 0.862. The largest absolute Gasteiger partial charge is 0.496 e. The molecule has 1 amide bonds. The van der Waals surface area contributed by atoms with Gasteiger partial charge in [-0.1, -0.05) is 23.4 Å². The summed E-state index contributed by atoms with van der Waals surface area (Å²) in [7, 11) is 1.66. The molecule has 0 N–H and O–H groups in total. The molecule has 0 aliphatic carbocycles. The number of piperazine rings is 1. The van der Waals surface area contributed by atoms with Gasteiger partial charge in [-0.3, -0.25) is 9.69 Å². The first-order valence-electron chi connectivity index (χ1n) is 8.13. The zero-order valence-corrected chi connectivity index (χ0v) is 14.4. The average Bonchev–Trinajstić information content (AvgIpc) is 2.99. The molecule has 0 spiro atoms. The number of hydrogen-bond donors (Lipinski definition) is 0. The van der Waals surface area contributed by atoms with Gasteiger partial charge in [-0.2, -0.15) is 0 Å². The van der Waals surface area contributed by atoms with Crippen molar-refractivity contribution in [1.29, 1.82) is 0 Å². The lowest BCUT2D eigenvalue weighted by Crippen LogP contribution is -2.49. The monoisotopic (exact) mass is 329 g/mol. The minimum absolute atomic E-state index is 0.0274. The Balaban J connectivity index is 1.83. The molecule has 0 unspecified atom stereocenters. The highest BCUT2D eigenvalue weighted by Crippen LogP contribution is 2.32. The number of rotatable bonds is 4. The normalized spacial score (nSPS) is 18.6. The molecule has 1 aliphatic rings. The van der Waals surface area contributed by atoms with Crippen LogP contribution in [0.5, 0.6) is 5.75 Å². The third-order valence-electron chi connectivity index (χ3n) is 4.43. The highest BCUT2D eigenvalue weighted by atomic mass is 16.5. The standard InChI is InChI=1S/C18H23N3O3/c1-13-10-15(19-24-13)11-20-8-9-21(14(2)22)17(12-20)16-6-4-5-7-18(16)23-3/h4-7,10,17H,8-9,11-12H2,1-3H3/t17-/m1/s1. The van der Waals surface area contributed by atoms with Gasteiger partial charge in [0.15, 0.2) is 0 Å². The van der Waals surface area contributed by atoms with Gasteiger partial charge in [-0.05, 0) is 13.0 Å². The summed E-state index contributed by atoms with van der Waals surface area (Å²) in [5, 5.41) is 4.07. The maximum absolute atomic E-state index is 12.1. The molecule has 0 bridgehead atoms. The third-order valence-corrected chi connectivity index (χ3v) is 4.43. The molecule has 1 atom stereocenters. The van der Waals surface area contributed by atoms with Gasteiger partial charge in [0, 0.05) is 44.7 Å². The summed E-state index contributed by atoms with van der Waals surface area (Å²) in [6.07, 6.45) is 0. The van der Waals surface area contributed by atoms with Crippen LogP contribution in [0.4, 0.5) is 0 Å². The van der Waals surface area contributed by atoms with Crippen molar-refractivity contribution in [3.05, 3.63) is 47.3 Å². The summed E-state index contributed by atoms with van der Waals surface area (Å²) >= 11 is 0. The first kappa shape index (κ1) is 16.5. The Hall–Kier alpha value is -2.34. The average molecular weight is 329 g/mol. The van der Waals surface area contributed by atoms with Crippen LogP contribution in [-0.2, 0) is 11.3 Å². The van der Waals surface area contributed by atoms with E-state index in [1.165, 1.54) is 0 Å². The number of carbonyl (C=O) groups is 1. The van der Waals surface area contributed by atoms with E-state index in [9.17, 15) is 4.79 Å². The third kappa shape index (κ3) is 3.43. The summed E-state index contributed by atoms with van der Waals surface area (Å²) in [6, 6.07) is 9.82. The van der Waals surface area contributed by atoms with Gasteiger partial charge in [-0.25, -0.2) is 0 Å². The van der Waals surface area contributed by atoms with E-state index in [1.807, 2.05) is 42.2 Å². The van der Waals surface area contributed by atoms with Gasteiger partial charge in [-0.15, -0.1) is 0 Å². The van der Waals surface area contributed by atoms with Crippen molar-refractivity contribution < 1.29 is 14.1 Å². The molecular formula is C18H23N3O3. The number of benzene rings is 1. The summed E-state index contributed by atoms with van der Waals surface area (Å²) < 4.78 is 10.7. The van der Waals surface area contributed by atoms with Gasteiger partial charge in [0.05, 0.1) is 18.8 Å². The fraction of sp³-hybridized carbons (Fsp3) is 0.444. The van der Waals surface area contributed by atoms with Crippen LogP contribution in [0.15, 0.2) is 34.9 Å².